The highest BCUT2D eigenvalue weighted by molar-refractivity contribution is 7.10. The van der Waals surface area contributed by atoms with Gasteiger partial charge >= 0.3 is 6.03 Å². The van der Waals surface area contributed by atoms with Gasteiger partial charge in [0.05, 0.1) is 36.6 Å². The summed E-state index contributed by atoms with van der Waals surface area (Å²) in [6, 6.07) is 13.0. The van der Waals surface area contributed by atoms with E-state index in [0.29, 0.717) is 31.9 Å². The van der Waals surface area contributed by atoms with E-state index in [0.717, 1.165) is 15.8 Å². The Bertz CT molecular complexity index is 910. The van der Waals surface area contributed by atoms with Crippen LogP contribution in [0.2, 0.25) is 0 Å². The molecule has 2 amide bonds. The maximum atomic E-state index is 12.9. The summed E-state index contributed by atoms with van der Waals surface area (Å²) in [6.45, 7) is 1.41. The molecular weight excluding hydrogens is 362 g/mol. The van der Waals surface area contributed by atoms with Crippen LogP contribution in [0, 0.1) is 0 Å². The number of aliphatic hydroxyl groups excluding tert-OH is 1. The van der Waals surface area contributed by atoms with Crippen molar-refractivity contribution in [1.82, 2.24) is 9.88 Å². The van der Waals surface area contributed by atoms with Gasteiger partial charge in [-0.3, -0.25) is 4.98 Å². The van der Waals surface area contributed by atoms with Gasteiger partial charge in [0.15, 0.2) is 0 Å². The van der Waals surface area contributed by atoms with Crippen LogP contribution in [-0.2, 0) is 4.74 Å². The average Bonchev–Trinajstić information content (AvgIpc) is 3.24. The molecule has 140 valence electrons. The number of nitrogens with zero attached hydrogens (tertiary/aromatic N) is 2. The fourth-order valence-electron chi connectivity index (χ4n) is 3.36. The van der Waals surface area contributed by atoms with Crippen molar-refractivity contribution in [3.05, 3.63) is 58.9 Å². The van der Waals surface area contributed by atoms with Gasteiger partial charge in [-0.1, -0.05) is 24.3 Å². The summed E-state index contributed by atoms with van der Waals surface area (Å²) < 4.78 is 5.56. The summed E-state index contributed by atoms with van der Waals surface area (Å²) in [7, 11) is 0. The van der Waals surface area contributed by atoms with Crippen molar-refractivity contribution >= 4 is 34.0 Å². The molecule has 1 fully saturated rings. The number of thiophene rings is 1. The van der Waals surface area contributed by atoms with Crippen molar-refractivity contribution in [2.45, 2.75) is 18.6 Å². The number of carbonyl (C=O) groups excluding carboxylic acids is 1. The van der Waals surface area contributed by atoms with Gasteiger partial charge in [0.2, 0.25) is 0 Å². The van der Waals surface area contributed by atoms with Crippen LogP contribution in [0.25, 0.3) is 10.9 Å². The van der Waals surface area contributed by atoms with Gasteiger partial charge in [0.25, 0.3) is 0 Å². The Kier molecular flexibility index (Phi) is 5.33. The molecule has 27 heavy (non-hydrogen) atoms. The van der Waals surface area contributed by atoms with Crippen LogP contribution < -0.4 is 5.32 Å². The van der Waals surface area contributed by atoms with Crippen molar-refractivity contribution in [3.63, 3.8) is 0 Å². The first-order chi connectivity index (χ1) is 13.2. The molecule has 0 radical (unpaired) electrons. The molecule has 7 heteroatoms. The number of anilines is 1. The lowest BCUT2D eigenvalue weighted by Gasteiger charge is -2.36. The number of aromatic nitrogens is 1. The lowest BCUT2D eigenvalue weighted by atomic mass is 10.1. The third-order valence-electron chi connectivity index (χ3n) is 4.73. The monoisotopic (exact) mass is 383 g/mol. The SMILES string of the molecule is O=C(Nc1cccc2cccnc12)N1CCOC[C@@H]1C[C@@H](O)c1cccs1. The minimum absolute atomic E-state index is 0.182. The third kappa shape index (κ3) is 3.95. The van der Waals surface area contributed by atoms with Crippen LogP contribution >= 0.6 is 11.3 Å². The van der Waals surface area contributed by atoms with Crippen molar-refractivity contribution in [1.29, 1.82) is 0 Å². The first-order valence-electron chi connectivity index (χ1n) is 8.93. The van der Waals surface area contributed by atoms with Gasteiger partial charge in [-0.25, -0.2) is 4.79 Å². The van der Waals surface area contributed by atoms with Crippen LogP contribution in [0.3, 0.4) is 0 Å². The molecule has 0 spiro atoms. The summed E-state index contributed by atoms with van der Waals surface area (Å²) in [5, 5.41) is 16.4. The molecule has 3 heterocycles. The van der Waals surface area contributed by atoms with Crippen molar-refractivity contribution in [2.24, 2.45) is 0 Å². The standard InChI is InChI=1S/C20H21N3O3S/c24-17(18-7-3-11-27-18)12-15-13-26-10-9-23(15)20(25)22-16-6-1-4-14-5-2-8-21-19(14)16/h1-8,11,15,17,24H,9-10,12-13H2,(H,22,25)/t15-,17+/m0/s1. The fraction of sp³-hybridized carbons (Fsp3) is 0.300. The molecule has 0 bridgehead atoms. The number of fused-ring (bicyclic) bond motifs is 1. The quantitative estimate of drug-likeness (QED) is 0.721. The average molecular weight is 383 g/mol. The van der Waals surface area contributed by atoms with Crippen molar-refractivity contribution in [3.8, 4) is 0 Å². The number of nitrogens with one attached hydrogen (secondary N) is 1. The molecule has 2 aromatic heterocycles. The number of hydrogen-bond donors (Lipinski definition) is 2. The Balaban J connectivity index is 1.50. The molecule has 2 N–H and O–H groups in total. The van der Waals surface area contributed by atoms with E-state index in [2.05, 4.69) is 10.3 Å². The number of carbonyl (C=O) groups is 1. The highest BCUT2D eigenvalue weighted by Gasteiger charge is 2.30. The number of morpholine rings is 1. The highest BCUT2D eigenvalue weighted by atomic mass is 32.1. The Morgan fingerprint density at radius 2 is 2.22 bits per heavy atom. The number of pyridine rings is 1. The van der Waals surface area contributed by atoms with Gasteiger partial charge in [-0.2, -0.15) is 0 Å². The minimum Gasteiger partial charge on any atom is -0.387 e. The van der Waals surface area contributed by atoms with Gasteiger partial charge in [0.1, 0.15) is 0 Å². The molecule has 3 aromatic rings. The summed E-state index contributed by atoms with van der Waals surface area (Å²) in [5.74, 6) is 0. The molecule has 1 saturated heterocycles. The van der Waals surface area contributed by atoms with Crippen LogP contribution in [0.15, 0.2) is 54.0 Å². The number of aliphatic hydroxyl groups is 1. The van der Waals surface area contributed by atoms with Gasteiger partial charge in [0, 0.05) is 29.4 Å². The number of amides is 2. The van der Waals surface area contributed by atoms with Crippen molar-refractivity contribution in [2.75, 3.05) is 25.1 Å². The first kappa shape index (κ1) is 17.9. The molecule has 1 aromatic carbocycles. The van der Waals surface area contributed by atoms with E-state index in [9.17, 15) is 9.90 Å². The summed E-state index contributed by atoms with van der Waals surface area (Å²) in [5.41, 5.74) is 1.44. The van der Waals surface area contributed by atoms with Crippen molar-refractivity contribution < 1.29 is 14.6 Å². The zero-order chi connectivity index (χ0) is 18.6. The topological polar surface area (TPSA) is 74.7 Å². The maximum Gasteiger partial charge on any atom is 0.322 e. The summed E-state index contributed by atoms with van der Waals surface area (Å²) >= 11 is 1.52. The molecule has 2 atom stereocenters. The van der Waals surface area contributed by atoms with E-state index in [1.54, 1.807) is 11.1 Å². The Morgan fingerprint density at radius 1 is 1.33 bits per heavy atom. The fourth-order valence-corrected chi connectivity index (χ4v) is 4.09. The van der Waals surface area contributed by atoms with Gasteiger partial charge in [-0.15, -0.1) is 11.3 Å². The summed E-state index contributed by atoms with van der Waals surface area (Å²) in [6.07, 6.45) is 1.56. The highest BCUT2D eigenvalue weighted by Crippen LogP contribution is 2.27. The molecule has 1 aliphatic heterocycles. The van der Waals surface area contributed by atoms with Gasteiger partial charge in [-0.05, 0) is 23.6 Å². The first-order valence-corrected chi connectivity index (χ1v) is 9.81. The molecule has 1 aliphatic rings. The van der Waals surface area contributed by atoms with Crippen LogP contribution in [0.4, 0.5) is 10.5 Å². The smallest absolute Gasteiger partial charge is 0.322 e. The molecule has 0 unspecified atom stereocenters. The normalized spacial score (nSPS) is 18.4. The molecule has 0 aliphatic carbocycles. The summed E-state index contributed by atoms with van der Waals surface area (Å²) in [4.78, 5) is 20.0. The number of urea groups is 1. The predicted octanol–water partition coefficient (Wildman–Crippen LogP) is 3.65. The maximum absolute atomic E-state index is 12.9. The second-order valence-electron chi connectivity index (χ2n) is 6.50. The molecule has 4 rings (SSSR count). The molecule has 6 nitrogen and oxygen atoms in total. The van der Waals surface area contributed by atoms with Crippen LogP contribution in [0.5, 0.6) is 0 Å². The predicted molar refractivity (Wildman–Crippen MR) is 106 cm³/mol. The third-order valence-corrected chi connectivity index (χ3v) is 5.70. The Labute approximate surface area is 161 Å². The molecule has 0 saturated carbocycles. The Morgan fingerprint density at radius 3 is 3.07 bits per heavy atom. The lowest BCUT2D eigenvalue weighted by molar-refractivity contribution is -0.00382. The lowest BCUT2D eigenvalue weighted by Crippen LogP contribution is -2.50. The van der Waals surface area contributed by atoms with Crippen LogP contribution in [0.1, 0.15) is 17.4 Å². The number of benzene rings is 1. The number of ether oxygens (including phenoxy) is 1. The van der Waals surface area contributed by atoms with Crippen LogP contribution in [-0.4, -0.2) is 46.8 Å². The molecular formula is C20H21N3O3S. The van der Waals surface area contributed by atoms with E-state index >= 15 is 0 Å². The van der Waals surface area contributed by atoms with E-state index in [1.807, 2.05) is 47.8 Å². The number of hydrogen-bond acceptors (Lipinski definition) is 5. The van der Waals surface area contributed by atoms with E-state index in [4.69, 9.17) is 4.74 Å². The van der Waals surface area contributed by atoms with E-state index in [1.165, 1.54) is 11.3 Å². The largest absolute Gasteiger partial charge is 0.387 e. The zero-order valence-corrected chi connectivity index (χ0v) is 15.6. The Hall–Kier alpha value is -2.48. The van der Waals surface area contributed by atoms with E-state index in [-0.39, 0.29) is 12.1 Å². The number of para-hydroxylation sites is 1. The minimum atomic E-state index is -0.605. The zero-order valence-electron chi connectivity index (χ0n) is 14.7. The second kappa shape index (κ2) is 8.04. The van der Waals surface area contributed by atoms with E-state index < -0.39 is 6.10 Å². The van der Waals surface area contributed by atoms with Gasteiger partial charge < -0.3 is 20.1 Å². The number of rotatable bonds is 4. The second-order valence-corrected chi connectivity index (χ2v) is 7.48.